The predicted molar refractivity (Wildman–Crippen MR) is 149 cm³/mol. The molecule has 4 rings (SSSR count). The number of fused-ring (bicyclic) bond motifs is 1. The summed E-state index contributed by atoms with van der Waals surface area (Å²) in [4.78, 5) is 14.0. The van der Waals surface area contributed by atoms with Gasteiger partial charge in [-0.1, -0.05) is 25.1 Å². The minimum atomic E-state index is -4.09. The zero-order chi connectivity index (χ0) is 29.9. The number of hydrogen-bond acceptors (Lipinski definition) is 6. The van der Waals surface area contributed by atoms with E-state index in [1.54, 1.807) is 50.2 Å². The molecule has 1 aliphatic heterocycles. The van der Waals surface area contributed by atoms with Crippen LogP contribution in [0.5, 0.6) is 5.75 Å². The van der Waals surface area contributed by atoms with Gasteiger partial charge in [-0.2, -0.15) is 9.57 Å². The number of aliphatic hydroxyl groups is 1. The topological polar surface area (TPSA) is 123 Å². The fourth-order valence-corrected chi connectivity index (χ4v) is 6.37. The quantitative estimate of drug-likeness (QED) is 0.442. The first-order valence-corrected chi connectivity index (χ1v) is 14.3. The number of sulfonamides is 1. The van der Waals surface area contributed by atoms with Crippen LogP contribution in [0, 0.1) is 28.9 Å². The van der Waals surface area contributed by atoms with Gasteiger partial charge in [0.25, 0.3) is 0 Å². The molecule has 1 heterocycles. The number of amides is 2. The van der Waals surface area contributed by atoms with Crippen LogP contribution in [-0.4, -0.2) is 67.7 Å². The molecule has 0 aliphatic carbocycles. The van der Waals surface area contributed by atoms with Crippen molar-refractivity contribution in [2.45, 2.75) is 30.9 Å². The number of carbonyl (C=O) groups is 1. The van der Waals surface area contributed by atoms with Crippen molar-refractivity contribution in [1.29, 1.82) is 5.26 Å². The average molecular weight is 585 g/mol. The Hall–Kier alpha value is -4.05. The first kappa shape index (κ1) is 29.9. The summed E-state index contributed by atoms with van der Waals surface area (Å²) in [7, 11) is -2.64. The van der Waals surface area contributed by atoms with Gasteiger partial charge >= 0.3 is 6.03 Å². The second-order valence-corrected chi connectivity index (χ2v) is 11.9. The summed E-state index contributed by atoms with van der Waals surface area (Å²) in [6.07, 6.45) is -0.730. The van der Waals surface area contributed by atoms with E-state index in [9.17, 15) is 32.4 Å². The van der Waals surface area contributed by atoms with E-state index < -0.39 is 52.4 Å². The van der Waals surface area contributed by atoms with E-state index >= 15 is 0 Å². The number of nitrogens with one attached hydrogen (secondary N) is 1. The largest absolute Gasteiger partial charge is 0.487 e. The molecule has 3 aromatic rings. The van der Waals surface area contributed by atoms with Crippen LogP contribution in [0.25, 0.3) is 11.1 Å². The maximum atomic E-state index is 14.1. The Kier molecular flexibility index (Phi) is 8.92. The van der Waals surface area contributed by atoms with Crippen LogP contribution in [0.3, 0.4) is 0 Å². The Bertz CT molecular complexity index is 1590. The molecule has 3 atom stereocenters. The molecule has 0 bridgehead atoms. The molecule has 9 nitrogen and oxygen atoms in total. The average Bonchev–Trinajstić information content (AvgIpc) is 2.96. The third-order valence-corrected chi connectivity index (χ3v) is 8.98. The molecule has 216 valence electrons. The van der Waals surface area contributed by atoms with Crippen molar-refractivity contribution in [3.05, 3.63) is 77.9 Å². The zero-order valence-corrected chi connectivity index (χ0v) is 23.5. The lowest BCUT2D eigenvalue weighted by Crippen LogP contribution is -2.50. The normalized spacial score (nSPS) is 19.0. The van der Waals surface area contributed by atoms with E-state index in [1.165, 1.54) is 22.3 Å². The van der Waals surface area contributed by atoms with E-state index in [1.807, 2.05) is 0 Å². The van der Waals surface area contributed by atoms with E-state index in [0.29, 0.717) is 16.7 Å². The van der Waals surface area contributed by atoms with Crippen LogP contribution < -0.4 is 10.1 Å². The molecule has 1 aliphatic rings. The minimum Gasteiger partial charge on any atom is -0.487 e. The van der Waals surface area contributed by atoms with Gasteiger partial charge in [-0.05, 0) is 54.4 Å². The van der Waals surface area contributed by atoms with Crippen molar-refractivity contribution in [1.82, 2.24) is 9.21 Å². The number of hydrogen-bond donors (Lipinski definition) is 2. The number of anilines is 1. The number of nitrogens with zero attached hydrogens (tertiary/aromatic N) is 3. The maximum Gasteiger partial charge on any atom is 0.321 e. The molecule has 0 saturated heterocycles. The van der Waals surface area contributed by atoms with Crippen molar-refractivity contribution >= 4 is 21.7 Å². The lowest BCUT2D eigenvalue weighted by molar-refractivity contribution is 0.0830. The summed E-state index contributed by atoms with van der Waals surface area (Å²) < 4.78 is 62.6. The summed E-state index contributed by atoms with van der Waals surface area (Å²) in [5, 5.41) is 21.5. The highest BCUT2D eigenvalue weighted by Gasteiger charge is 2.38. The number of urea groups is 1. The van der Waals surface area contributed by atoms with Crippen molar-refractivity contribution < 1.29 is 31.8 Å². The van der Waals surface area contributed by atoms with Crippen LogP contribution in [-0.2, 0) is 10.0 Å². The van der Waals surface area contributed by atoms with Gasteiger partial charge in [0, 0.05) is 31.6 Å². The van der Waals surface area contributed by atoms with E-state index in [-0.39, 0.29) is 29.4 Å². The summed E-state index contributed by atoms with van der Waals surface area (Å²) in [6, 6.07) is 14.8. The standard InChI is InChI=1S/C29H30F2N4O5S/c1-18-15-35(19(2)17-36)41(38,39)28-10-7-22(21-6-4-5-20(11-21)14-32)12-26(28)40-27(18)16-34(3)29(37)33-25-13-23(30)8-9-24(25)31/h4-13,18-19,27,36H,15-17H2,1-3H3,(H,33,37)/t18-,19-,27-/m1/s1. The summed E-state index contributed by atoms with van der Waals surface area (Å²) in [6.45, 7) is 2.91. The lowest BCUT2D eigenvalue weighted by Gasteiger charge is -2.37. The van der Waals surface area contributed by atoms with Gasteiger partial charge in [0.2, 0.25) is 10.0 Å². The number of likely N-dealkylation sites (N-methyl/N-ethyl adjacent to an activating group) is 1. The van der Waals surface area contributed by atoms with Crippen LogP contribution >= 0.6 is 0 Å². The molecule has 0 spiro atoms. The van der Waals surface area contributed by atoms with Gasteiger partial charge in [0.1, 0.15) is 28.4 Å². The molecule has 0 saturated carbocycles. The molecular formula is C29H30F2N4O5S. The molecule has 41 heavy (non-hydrogen) atoms. The molecule has 0 unspecified atom stereocenters. The Morgan fingerprint density at radius 2 is 1.93 bits per heavy atom. The van der Waals surface area contributed by atoms with Crippen molar-refractivity contribution in [3.63, 3.8) is 0 Å². The van der Waals surface area contributed by atoms with E-state index in [0.717, 1.165) is 18.2 Å². The Morgan fingerprint density at radius 3 is 2.63 bits per heavy atom. The number of carbonyl (C=O) groups excluding carboxylic acids is 1. The highest BCUT2D eigenvalue weighted by atomic mass is 32.2. The molecule has 0 fully saturated rings. The maximum absolute atomic E-state index is 14.1. The number of halogens is 2. The van der Waals surface area contributed by atoms with Gasteiger partial charge < -0.3 is 20.1 Å². The number of ether oxygens (including phenoxy) is 1. The van der Waals surface area contributed by atoms with Crippen molar-refractivity contribution in [2.75, 3.05) is 32.1 Å². The van der Waals surface area contributed by atoms with Gasteiger partial charge in [0.05, 0.1) is 30.5 Å². The summed E-state index contributed by atoms with van der Waals surface area (Å²) in [5.41, 5.74) is 1.39. The molecule has 3 aromatic carbocycles. The van der Waals surface area contributed by atoms with Gasteiger partial charge in [-0.15, -0.1) is 0 Å². The van der Waals surface area contributed by atoms with Crippen LogP contribution in [0.15, 0.2) is 65.6 Å². The van der Waals surface area contributed by atoms with Crippen molar-refractivity contribution in [3.8, 4) is 22.9 Å². The van der Waals surface area contributed by atoms with Gasteiger partial charge in [-0.25, -0.2) is 22.0 Å². The Balaban J connectivity index is 1.71. The van der Waals surface area contributed by atoms with E-state index in [2.05, 4.69) is 11.4 Å². The Labute approximate surface area is 237 Å². The van der Waals surface area contributed by atoms with Crippen LogP contribution in [0.1, 0.15) is 19.4 Å². The third-order valence-electron chi connectivity index (χ3n) is 6.96. The van der Waals surface area contributed by atoms with Crippen LogP contribution in [0.4, 0.5) is 19.3 Å². The highest BCUT2D eigenvalue weighted by molar-refractivity contribution is 7.89. The predicted octanol–water partition coefficient (Wildman–Crippen LogP) is 4.44. The first-order chi connectivity index (χ1) is 19.4. The zero-order valence-electron chi connectivity index (χ0n) is 22.7. The number of rotatable bonds is 6. The number of nitriles is 1. The third kappa shape index (κ3) is 6.48. The first-order valence-electron chi connectivity index (χ1n) is 12.9. The molecule has 12 heteroatoms. The van der Waals surface area contributed by atoms with E-state index in [4.69, 9.17) is 4.74 Å². The Morgan fingerprint density at radius 1 is 1.20 bits per heavy atom. The SMILES string of the molecule is C[C@@H]1CN([C@H](C)CO)S(=O)(=O)c2ccc(-c3cccc(C#N)c3)cc2O[C@@H]1CN(C)C(=O)Nc1cc(F)ccc1F. The molecule has 2 amide bonds. The monoisotopic (exact) mass is 584 g/mol. The highest BCUT2D eigenvalue weighted by Crippen LogP contribution is 2.36. The molecular weight excluding hydrogens is 554 g/mol. The molecule has 0 aromatic heterocycles. The minimum absolute atomic E-state index is 0.00584. The summed E-state index contributed by atoms with van der Waals surface area (Å²) in [5.74, 6) is -1.93. The number of benzene rings is 3. The van der Waals surface area contributed by atoms with Crippen molar-refractivity contribution in [2.24, 2.45) is 5.92 Å². The fourth-order valence-electron chi connectivity index (χ4n) is 4.55. The van der Waals surface area contributed by atoms with Gasteiger partial charge in [-0.3, -0.25) is 0 Å². The fraction of sp³-hybridized carbons (Fsp3) is 0.310. The second-order valence-electron chi connectivity index (χ2n) is 10.0. The van der Waals surface area contributed by atoms with Crippen LogP contribution in [0.2, 0.25) is 0 Å². The summed E-state index contributed by atoms with van der Waals surface area (Å²) >= 11 is 0. The molecule has 2 N–H and O–H groups in total. The number of aliphatic hydroxyl groups excluding tert-OH is 1. The molecule has 0 radical (unpaired) electrons. The second kappa shape index (κ2) is 12.2. The smallest absolute Gasteiger partial charge is 0.321 e. The van der Waals surface area contributed by atoms with Gasteiger partial charge in [0.15, 0.2) is 0 Å². The lowest BCUT2D eigenvalue weighted by atomic mass is 10.0.